The van der Waals surface area contributed by atoms with E-state index < -0.39 is 44.7 Å². The maximum atomic E-state index is 12.7. The van der Waals surface area contributed by atoms with E-state index in [4.69, 9.17) is 18.5 Å². The number of unbranched alkanes of at least 4 members (excludes halogenated alkanes) is 16. The van der Waals surface area contributed by atoms with Gasteiger partial charge in [-0.15, -0.1) is 0 Å². The molecule has 0 aromatic heterocycles. The van der Waals surface area contributed by atoms with Crippen molar-refractivity contribution < 1.29 is 52.3 Å². The topological polar surface area (TPSA) is 152 Å². The van der Waals surface area contributed by atoms with Gasteiger partial charge < -0.3 is 38.1 Å². The van der Waals surface area contributed by atoms with Crippen LogP contribution in [0.3, 0.4) is 0 Å². The maximum absolute atomic E-state index is 12.7. The highest BCUT2D eigenvalue weighted by atomic mass is 31.2. The number of aliphatic hydroxyl groups is 2. The van der Waals surface area contributed by atoms with Gasteiger partial charge in [-0.05, 0) is 77.0 Å². The molecular formula is C48H88NO10P. The van der Waals surface area contributed by atoms with E-state index in [9.17, 15) is 29.3 Å². The third-order valence-corrected chi connectivity index (χ3v) is 11.0. The Kier molecular flexibility index (Phi) is 38.3. The predicted octanol–water partition coefficient (Wildman–Crippen LogP) is 10.8. The molecule has 0 aliphatic carbocycles. The van der Waals surface area contributed by atoms with E-state index in [-0.39, 0.29) is 45.3 Å². The van der Waals surface area contributed by atoms with Gasteiger partial charge in [-0.3, -0.25) is 14.2 Å². The van der Waals surface area contributed by atoms with Crippen LogP contribution in [0.15, 0.2) is 48.6 Å². The fourth-order valence-corrected chi connectivity index (χ4v) is 6.89. The van der Waals surface area contributed by atoms with Crippen LogP contribution < -0.4 is 4.89 Å². The van der Waals surface area contributed by atoms with Crippen molar-refractivity contribution in [3.63, 3.8) is 0 Å². The molecule has 0 aliphatic rings. The second-order valence-electron chi connectivity index (χ2n) is 17.1. The lowest BCUT2D eigenvalue weighted by Gasteiger charge is -2.28. The minimum atomic E-state index is -4.71. The Hall–Kier alpha value is -2.11. The van der Waals surface area contributed by atoms with E-state index in [0.29, 0.717) is 17.4 Å². The first-order valence-corrected chi connectivity index (χ1v) is 25.0. The van der Waals surface area contributed by atoms with Crippen molar-refractivity contribution in [3.05, 3.63) is 48.6 Å². The highest BCUT2D eigenvalue weighted by Crippen LogP contribution is 2.38. The average molecular weight is 870 g/mol. The predicted molar refractivity (Wildman–Crippen MR) is 243 cm³/mol. The standard InChI is InChI=1S/C48H88NO10P/c1-6-8-10-12-14-16-18-20-21-22-23-24-26-28-30-32-34-38-47(52)56-42-44(43-58-60(54,55)57-41-40-49(3,4)5)59-48(53)39-35-37-46(51)45(50)36-33-31-29-27-25-19-17-15-13-11-9-7-2/h15,17,20-21,25,27,31,33,44-46,50-51H,6-14,16,18-19,22-24,26,28-30,32,34-43H2,1-5H3/b17-15-,21-20-,27-25-,33-31-/t44-,45?,46?/m1/s1. The zero-order valence-corrected chi connectivity index (χ0v) is 39.5. The zero-order chi connectivity index (χ0) is 44.6. The van der Waals surface area contributed by atoms with Crippen molar-refractivity contribution in [1.29, 1.82) is 0 Å². The van der Waals surface area contributed by atoms with Gasteiger partial charge >= 0.3 is 11.9 Å². The second-order valence-corrected chi connectivity index (χ2v) is 18.5. The summed E-state index contributed by atoms with van der Waals surface area (Å²) in [5, 5.41) is 20.8. The number of hydrogen-bond donors (Lipinski definition) is 2. The van der Waals surface area contributed by atoms with Gasteiger partial charge in [0.1, 0.15) is 19.8 Å². The van der Waals surface area contributed by atoms with E-state index in [1.165, 1.54) is 83.5 Å². The number of ether oxygens (including phenoxy) is 2. The van der Waals surface area contributed by atoms with Gasteiger partial charge in [-0.25, -0.2) is 0 Å². The van der Waals surface area contributed by atoms with Crippen molar-refractivity contribution in [2.24, 2.45) is 0 Å². The summed E-state index contributed by atoms with van der Waals surface area (Å²) in [4.78, 5) is 37.7. The summed E-state index contributed by atoms with van der Waals surface area (Å²) in [7, 11) is 0.984. The molecule has 0 bridgehead atoms. The molecule has 2 N–H and O–H groups in total. The second kappa shape index (κ2) is 39.7. The summed E-state index contributed by atoms with van der Waals surface area (Å²) >= 11 is 0. The number of nitrogens with zero attached hydrogens (tertiary/aromatic N) is 1. The number of carbonyl (C=O) groups excluding carboxylic acids is 2. The van der Waals surface area contributed by atoms with Gasteiger partial charge in [0.15, 0.2) is 6.10 Å². The molecule has 4 atom stereocenters. The lowest BCUT2D eigenvalue weighted by molar-refractivity contribution is -0.870. The molecule has 0 radical (unpaired) electrons. The SMILES string of the molecule is CCCCC/C=C\C/C=C\C/C=C\CC(O)C(O)CCCC(=O)O[C@H](COC(=O)CCCCCCCCC/C=C\CCCCCCCC)COP(=O)([O-])OCC[N+](C)(C)C. The van der Waals surface area contributed by atoms with Crippen molar-refractivity contribution in [2.45, 2.75) is 199 Å². The zero-order valence-electron chi connectivity index (χ0n) is 38.6. The van der Waals surface area contributed by atoms with Crippen LogP contribution in [0.5, 0.6) is 0 Å². The number of carbonyl (C=O) groups is 2. The van der Waals surface area contributed by atoms with Crippen molar-refractivity contribution >= 4 is 19.8 Å². The Morgan fingerprint density at radius 2 is 1.08 bits per heavy atom. The Morgan fingerprint density at radius 3 is 1.68 bits per heavy atom. The van der Waals surface area contributed by atoms with Crippen molar-refractivity contribution in [2.75, 3.05) is 47.5 Å². The number of phosphoric acid groups is 1. The van der Waals surface area contributed by atoms with Gasteiger partial charge in [0.05, 0.1) is 40.0 Å². The third kappa shape index (κ3) is 41.3. The van der Waals surface area contributed by atoms with Crippen LogP contribution in [0.1, 0.15) is 181 Å². The molecule has 11 nitrogen and oxygen atoms in total. The van der Waals surface area contributed by atoms with Gasteiger partial charge in [-0.2, -0.15) is 0 Å². The van der Waals surface area contributed by atoms with Crippen LogP contribution in [0.2, 0.25) is 0 Å². The molecule has 0 fully saturated rings. The maximum Gasteiger partial charge on any atom is 0.306 e. The molecule has 350 valence electrons. The van der Waals surface area contributed by atoms with E-state index >= 15 is 0 Å². The molecule has 0 spiro atoms. The molecule has 0 rings (SSSR count). The van der Waals surface area contributed by atoms with E-state index in [1.807, 2.05) is 33.3 Å². The summed E-state index contributed by atoms with van der Waals surface area (Å²) < 4.78 is 33.7. The first kappa shape index (κ1) is 57.9. The number of esters is 2. The average Bonchev–Trinajstić information content (AvgIpc) is 3.19. The Balaban J connectivity index is 4.57. The molecule has 0 aliphatic heterocycles. The lowest BCUT2D eigenvalue weighted by Crippen LogP contribution is -2.37. The Morgan fingerprint density at radius 1 is 0.600 bits per heavy atom. The number of quaternary nitrogens is 1. The Bertz CT molecular complexity index is 1200. The summed E-state index contributed by atoms with van der Waals surface area (Å²) in [5.41, 5.74) is 0. The quantitative estimate of drug-likeness (QED) is 0.0199. The molecular weight excluding hydrogens is 781 g/mol. The summed E-state index contributed by atoms with van der Waals surface area (Å²) in [6, 6.07) is 0. The van der Waals surface area contributed by atoms with E-state index in [2.05, 4.69) is 50.3 Å². The van der Waals surface area contributed by atoms with Crippen LogP contribution in [-0.2, 0) is 32.7 Å². The molecule has 0 aromatic carbocycles. The number of rotatable bonds is 42. The van der Waals surface area contributed by atoms with Crippen molar-refractivity contribution in [3.8, 4) is 0 Å². The van der Waals surface area contributed by atoms with Gasteiger partial charge in [0.2, 0.25) is 0 Å². The number of hydrogen-bond acceptors (Lipinski definition) is 10. The minimum absolute atomic E-state index is 0.0848. The molecule has 60 heavy (non-hydrogen) atoms. The highest BCUT2D eigenvalue weighted by molar-refractivity contribution is 7.45. The molecule has 0 saturated carbocycles. The normalized spacial score (nSPS) is 15.0. The minimum Gasteiger partial charge on any atom is -0.756 e. The first-order valence-electron chi connectivity index (χ1n) is 23.5. The van der Waals surface area contributed by atoms with Gasteiger partial charge in [0, 0.05) is 12.8 Å². The number of allylic oxidation sites excluding steroid dienone is 7. The van der Waals surface area contributed by atoms with Crippen LogP contribution in [-0.4, -0.2) is 92.5 Å². The van der Waals surface area contributed by atoms with Crippen LogP contribution in [0.4, 0.5) is 0 Å². The van der Waals surface area contributed by atoms with E-state index in [0.717, 1.165) is 44.9 Å². The fraction of sp³-hybridized carbons (Fsp3) is 0.792. The largest absolute Gasteiger partial charge is 0.756 e. The molecule has 0 heterocycles. The van der Waals surface area contributed by atoms with E-state index in [1.54, 1.807) is 0 Å². The van der Waals surface area contributed by atoms with Gasteiger partial charge in [0.25, 0.3) is 7.82 Å². The van der Waals surface area contributed by atoms with Crippen LogP contribution in [0, 0.1) is 0 Å². The summed E-state index contributed by atoms with van der Waals surface area (Å²) in [6.45, 7) is 3.85. The Labute approximate surface area is 366 Å². The molecule has 0 aromatic rings. The monoisotopic (exact) mass is 870 g/mol. The smallest absolute Gasteiger partial charge is 0.306 e. The molecule has 0 saturated heterocycles. The fourth-order valence-electron chi connectivity index (χ4n) is 6.16. The lowest BCUT2D eigenvalue weighted by atomic mass is 10.0. The number of likely N-dealkylation sites (N-methyl/N-ethyl adjacent to an activating group) is 1. The van der Waals surface area contributed by atoms with Crippen molar-refractivity contribution in [1.82, 2.24) is 0 Å². The molecule has 12 heteroatoms. The number of phosphoric ester groups is 1. The first-order chi connectivity index (χ1) is 28.8. The number of aliphatic hydroxyl groups excluding tert-OH is 2. The molecule has 0 amide bonds. The van der Waals surface area contributed by atoms with Crippen LogP contribution >= 0.6 is 7.82 Å². The van der Waals surface area contributed by atoms with Gasteiger partial charge in [-0.1, -0.05) is 140 Å². The molecule has 3 unspecified atom stereocenters. The third-order valence-electron chi connectivity index (χ3n) is 10.0. The van der Waals surface area contributed by atoms with Crippen LogP contribution in [0.25, 0.3) is 0 Å². The summed E-state index contributed by atoms with van der Waals surface area (Å²) in [6.07, 6.45) is 38.8. The summed E-state index contributed by atoms with van der Waals surface area (Å²) in [5.74, 6) is -1.12. The highest BCUT2D eigenvalue weighted by Gasteiger charge is 2.22.